The van der Waals surface area contributed by atoms with E-state index in [1.54, 1.807) is 6.20 Å². The number of rotatable bonds is 4. The van der Waals surface area contributed by atoms with Crippen LogP contribution in [0.1, 0.15) is 28.1 Å². The number of anilines is 1. The standard InChI is InChI=1S/C17H21N3OS/c1-13-9-16(22-12-13)17(21)19-10-14-4-7-20(8-5-14)15-3-2-6-18-11-15/h2-3,6,9,11-12,14H,4-5,7-8,10H2,1H3,(H,19,21). The number of thiophene rings is 1. The van der Waals surface area contributed by atoms with E-state index in [-0.39, 0.29) is 5.91 Å². The van der Waals surface area contributed by atoms with Gasteiger partial charge in [0.25, 0.3) is 5.91 Å². The number of pyridine rings is 1. The molecule has 22 heavy (non-hydrogen) atoms. The Kier molecular flexibility index (Phi) is 4.73. The lowest BCUT2D eigenvalue weighted by Crippen LogP contribution is -2.38. The predicted molar refractivity (Wildman–Crippen MR) is 90.6 cm³/mol. The van der Waals surface area contributed by atoms with Crippen molar-refractivity contribution in [2.75, 3.05) is 24.5 Å². The first-order chi connectivity index (χ1) is 10.7. The molecule has 2 aromatic rings. The van der Waals surface area contributed by atoms with Crippen LogP contribution in [0.25, 0.3) is 0 Å². The molecular formula is C17H21N3OS. The lowest BCUT2D eigenvalue weighted by atomic mass is 9.96. The van der Waals surface area contributed by atoms with Gasteiger partial charge in [0.2, 0.25) is 0 Å². The van der Waals surface area contributed by atoms with Crippen molar-refractivity contribution in [2.45, 2.75) is 19.8 Å². The van der Waals surface area contributed by atoms with Gasteiger partial charge in [-0.3, -0.25) is 9.78 Å². The molecule has 0 aromatic carbocycles. The highest BCUT2D eigenvalue weighted by Crippen LogP contribution is 2.22. The molecule has 0 bridgehead atoms. The minimum Gasteiger partial charge on any atom is -0.370 e. The molecule has 0 radical (unpaired) electrons. The Morgan fingerprint density at radius 1 is 1.45 bits per heavy atom. The van der Waals surface area contributed by atoms with Crippen molar-refractivity contribution in [2.24, 2.45) is 5.92 Å². The molecule has 3 heterocycles. The SMILES string of the molecule is Cc1csc(C(=O)NCC2CCN(c3cccnc3)CC2)c1. The fourth-order valence-electron chi connectivity index (χ4n) is 2.81. The quantitative estimate of drug-likeness (QED) is 0.943. The van der Waals surface area contributed by atoms with E-state index in [0.717, 1.165) is 42.9 Å². The summed E-state index contributed by atoms with van der Waals surface area (Å²) in [5.41, 5.74) is 2.35. The lowest BCUT2D eigenvalue weighted by molar-refractivity contribution is 0.0949. The Labute approximate surface area is 135 Å². The Hall–Kier alpha value is -1.88. The number of piperidine rings is 1. The van der Waals surface area contributed by atoms with Crippen LogP contribution in [0.4, 0.5) is 5.69 Å². The van der Waals surface area contributed by atoms with Crippen LogP contribution in [0.15, 0.2) is 36.0 Å². The molecular weight excluding hydrogens is 294 g/mol. The maximum absolute atomic E-state index is 12.1. The summed E-state index contributed by atoms with van der Waals surface area (Å²) >= 11 is 1.51. The van der Waals surface area contributed by atoms with Gasteiger partial charge >= 0.3 is 0 Å². The van der Waals surface area contributed by atoms with E-state index in [2.05, 4.69) is 21.3 Å². The first-order valence-corrected chi connectivity index (χ1v) is 8.58. The van der Waals surface area contributed by atoms with E-state index in [1.807, 2.05) is 30.6 Å². The van der Waals surface area contributed by atoms with Crippen molar-refractivity contribution < 1.29 is 4.79 Å². The molecule has 116 valence electrons. The number of hydrogen-bond donors (Lipinski definition) is 1. The van der Waals surface area contributed by atoms with Crippen molar-refractivity contribution in [1.29, 1.82) is 0 Å². The van der Waals surface area contributed by atoms with Crippen molar-refractivity contribution >= 4 is 22.9 Å². The van der Waals surface area contributed by atoms with Gasteiger partial charge in [-0.05, 0) is 54.8 Å². The van der Waals surface area contributed by atoms with Crippen LogP contribution in [-0.2, 0) is 0 Å². The third-order valence-electron chi connectivity index (χ3n) is 4.13. The fraction of sp³-hybridized carbons (Fsp3) is 0.412. The molecule has 2 aromatic heterocycles. The van der Waals surface area contributed by atoms with E-state index < -0.39 is 0 Å². The smallest absolute Gasteiger partial charge is 0.261 e. The molecule has 3 rings (SSSR count). The normalized spacial score (nSPS) is 15.8. The average molecular weight is 315 g/mol. The van der Waals surface area contributed by atoms with E-state index in [9.17, 15) is 4.79 Å². The zero-order chi connectivity index (χ0) is 15.4. The summed E-state index contributed by atoms with van der Waals surface area (Å²) in [4.78, 5) is 19.4. The van der Waals surface area contributed by atoms with Crippen molar-refractivity contribution in [3.63, 3.8) is 0 Å². The molecule has 1 saturated heterocycles. The van der Waals surface area contributed by atoms with Crippen molar-refractivity contribution in [3.05, 3.63) is 46.4 Å². The van der Waals surface area contributed by atoms with Crippen LogP contribution in [0, 0.1) is 12.8 Å². The first-order valence-electron chi connectivity index (χ1n) is 7.70. The van der Waals surface area contributed by atoms with Gasteiger partial charge in [-0.15, -0.1) is 11.3 Å². The Bertz CT molecular complexity index is 618. The number of nitrogens with one attached hydrogen (secondary N) is 1. The van der Waals surface area contributed by atoms with Crippen LogP contribution in [0.2, 0.25) is 0 Å². The molecule has 4 nitrogen and oxygen atoms in total. The summed E-state index contributed by atoms with van der Waals surface area (Å²) in [7, 11) is 0. The zero-order valence-electron chi connectivity index (χ0n) is 12.8. The number of aryl methyl sites for hydroxylation is 1. The second kappa shape index (κ2) is 6.92. The lowest BCUT2D eigenvalue weighted by Gasteiger charge is -2.33. The molecule has 1 amide bonds. The van der Waals surface area contributed by atoms with E-state index in [0.29, 0.717) is 5.92 Å². The highest BCUT2D eigenvalue weighted by Gasteiger charge is 2.20. The summed E-state index contributed by atoms with van der Waals surface area (Å²) in [6.07, 6.45) is 5.94. The van der Waals surface area contributed by atoms with Gasteiger partial charge in [0.15, 0.2) is 0 Å². The van der Waals surface area contributed by atoms with Gasteiger partial charge < -0.3 is 10.2 Å². The van der Waals surface area contributed by atoms with Crippen LogP contribution in [-0.4, -0.2) is 30.5 Å². The minimum atomic E-state index is 0.0628. The van der Waals surface area contributed by atoms with E-state index >= 15 is 0 Å². The minimum absolute atomic E-state index is 0.0628. The highest BCUT2D eigenvalue weighted by molar-refractivity contribution is 7.12. The Morgan fingerprint density at radius 3 is 2.91 bits per heavy atom. The van der Waals surface area contributed by atoms with Crippen LogP contribution < -0.4 is 10.2 Å². The zero-order valence-corrected chi connectivity index (χ0v) is 13.6. The van der Waals surface area contributed by atoms with Gasteiger partial charge in [-0.1, -0.05) is 0 Å². The molecule has 1 aliphatic rings. The highest BCUT2D eigenvalue weighted by atomic mass is 32.1. The average Bonchev–Trinajstić information content (AvgIpc) is 3.00. The number of hydrogen-bond acceptors (Lipinski definition) is 4. The number of carbonyl (C=O) groups excluding carboxylic acids is 1. The molecule has 1 fully saturated rings. The van der Waals surface area contributed by atoms with Crippen LogP contribution >= 0.6 is 11.3 Å². The third-order valence-corrected chi connectivity index (χ3v) is 5.18. The maximum Gasteiger partial charge on any atom is 0.261 e. The first kappa shape index (κ1) is 15.0. The Balaban J connectivity index is 1.45. The van der Waals surface area contributed by atoms with Crippen LogP contribution in [0.3, 0.4) is 0 Å². The van der Waals surface area contributed by atoms with Crippen molar-refractivity contribution in [3.8, 4) is 0 Å². The largest absolute Gasteiger partial charge is 0.370 e. The van der Waals surface area contributed by atoms with Gasteiger partial charge in [-0.25, -0.2) is 0 Å². The molecule has 5 heteroatoms. The molecule has 0 saturated carbocycles. The molecule has 0 unspecified atom stereocenters. The molecule has 0 atom stereocenters. The number of carbonyl (C=O) groups is 1. The van der Waals surface area contributed by atoms with Gasteiger partial charge in [0, 0.05) is 25.8 Å². The van der Waals surface area contributed by atoms with Crippen molar-refractivity contribution in [1.82, 2.24) is 10.3 Å². The van der Waals surface area contributed by atoms with E-state index in [4.69, 9.17) is 0 Å². The fourth-order valence-corrected chi connectivity index (χ4v) is 3.62. The Morgan fingerprint density at radius 2 is 2.27 bits per heavy atom. The summed E-state index contributed by atoms with van der Waals surface area (Å²) in [6, 6.07) is 6.03. The summed E-state index contributed by atoms with van der Waals surface area (Å²) in [6.45, 7) is 4.85. The number of nitrogens with zero attached hydrogens (tertiary/aromatic N) is 2. The number of aromatic nitrogens is 1. The predicted octanol–water partition coefficient (Wildman–Crippen LogP) is 3.10. The number of amides is 1. The molecule has 0 spiro atoms. The van der Waals surface area contributed by atoms with Gasteiger partial charge in [-0.2, -0.15) is 0 Å². The topological polar surface area (TPSA) is 45.2 Å². The molecule has 0 aliphatic carbocycles. The maximum atomic E-state index is 12.1. The second-order valence-electron chi connectivity index (χ2n) is 5.84. The van der Waals surface area contributed by atoms with Gasteiger partial charge in [0.1, 0.15) is 0 Å². The summed E-state index contributed by atoms with van der Waals surface area (Å²) in [5.74, 6) is 0.630. The third kappa shape index (κ3) is 3.65. The summed E-state index contributed by atoms with van der Waals surface area (Å²) in [5, 5.41) is 5.09. The summed E-state index contributed by atoms with van der Waals surface area (Å²) < 4.78 is 0. The monoisotopic (exact) mass is 315 g/mol. The molecule has 1 aliphatic heterocycles. The van der Waals surface area contributed by atoms with Gasteiger partial charge in [0.05, 0.1) is 16.8 Å². The molecule has 1 N–H and O–H groups in total. The van der Waals surface area contributed by atoms with Crippen LogP contribution in [0.5, 0.6) is 0 Å². The second-order valence-corrected chi connectivity index (χ2v) is 6.75. The van der Waals surface area contributed by atoms with E-state index in [1.165, 1.54) is 17.0 Å².